The third-order valence-corrected chi connectivity index (χ3v) is 5.73. The molecule has 0 saturated carbocycles. The van der Waals surface area contributed by atoms with Crippen LogP contribution in [0.25, 0.3) is 16.9 Å². The van der Waals surface area contributed by atoms with Crippen LogP contribution < -0.4 is 11.2 Å². The van der Waals surface area contributed by atoms with Crippen molar-refractivity contribution in [2.24, 2.45) is 7.05 Å². The van der Waals surface area contributed by atoms with Crippen molar-refractivity contribution in [1.82, 2.24) is 18.7 Å². The van der Waals surface area contributed by atoms with Gasteiger partial charge in [0.15, 0.2) is 11.2 Å². The van der Waals surface area contributed by atoms with Gasteiger partial charge in [0.25, 0.3) is 5.56 Å². The summed E-state index contributed by atoms with van der Waals surface area (Å²) in [6.45, 7) is 8.54. The fourth-order valence-electron chi connectivity index (χ4n) is 4.30. The Morgan fingerprint density at radius 1 is 1.00 bits per heavy atom. The van der Waals surface area contributed by atoms with E-state index in [0.717, 1.165) is 32.5 Å². The molecule has 0 aliphatic carbocycles. The van der Waals surface area contributed by atoms with Gasteiger partial charge in [0.2, 0.25) is 0 Å². The van der Waals surface area contributed by atoms with Crippen molar-refractivity contribution >= 4 is 11.2 Å². The van der Waals surface area contributed by atoms with Gasteiger partial charge in [-0.05, 0) is 37.5 Å². The first-order valence-corrected chi connectivity index (χ1v) is 10.7. The van der Waals surface area contributed by atoms with E-state index < -0.39 is 5.69 Å². The third-order valence-electron chi connectivity index (χ3n) is 5.73. The van der Waals surface area contributed by atoms with Gasteiger partial charge in [-0.25, -0.2) is 14.3 Å². The second-order valence-electron chi connectivity index (χ2n) is 8.17. The topological polar surface area (TPSA) is 71.0 Å². The first-order valence-electron chi connectivity index (χ1n) is 10.7. The van der Waals surface area contributed by atoms with Crippen LogP contribution in [0.2, 0.25) is 0 Å². The second kappa shape index (κ2) is 8.59. The molecule has 0 aliphatic heterocycles. The minimum absolute atomic E-state index is 0.174. The van der Waals surface area contributed by atoms with Crippen molar-refractivity contribution in [2.75, 3.05) is 0 Å². The molecule has 0 amide bonds. The van der Waals surface area contributed by atoms with E-state index in [1.807, 2.05) is 70.2 Å². The monoisotopic (exact) mass is 432 g/mol. The average Bonchev–Trinajstić information content (AvgIpc) is 3.13. The van der Waals surface area contributed by atoms with Gasteiger partial charge < -0.3 is 4.74 Å². The fraction of sp³-hybridized carbons (Fsp3) is 0.320. The fourth-order valence-corrected chi connectivity index (χ4v) is 4.30. The predicted octanol–water partition coefficient (Wildman–Crippen LogP) is 3.55. The Kier molecular flexibility index (Phi) is 5.84. The number of imidazole rings is 1. The van der Waals surface area contributed by atoms with Crippen LogP contribution in [0.5, 0.6) is 0 Å². The number of fused-ring (bicyclic) bond motifs is 1. The van der Waals surface area contributed by atoms with E-state index in [2.05, 4.69) is 0 Å². The highest BCUT2D eigenvalue weighted by molar-refractivity contribution is 5.74. The Morgan fingerprint density at radius 3 is 2.28 bits per heavy atom. The second-order valence-corrected chi connectivity index (χ2v) is 8.17. The highest BCUT2D eigenvalue weighted by atomic mass is 16.5. The molecule has 4 aromatic rings. The lowest BCUT2D eigenvalue weighted by Crippen LogP contribution is -2.38. The first kappa shape index (κ1) is 21.8. The van der Waals surface area contributed by atoms with Gasteiger partial charge in [0.05, 0.1) is 12.3 Å². The number of nitrogens with zero attached hydrogens (tertiary/aromatic N) is 4. The maximum atomic E-state index is 13.2. The van der Waals surface area contributed by atoms with Gasteiger partial charge in [0.1, 0.15) is 12.6 Å². The Hall–Kier alpha value is -3.45. The maximum Gasteiger partial charge on any atom is 0.337 e. The van der Waals surface area contributed by atoms with Gasteiger partial charge in [0, 0.05) is 13.5 Å². The summed E-state index contributed by atoms with van der Waals surface area (Å²) < 4.78 is 10.4. The van der Waals surface area contributed by atoms with E-state index in [-0.39, 0.29) is 12.3 Å². The van der Waals surface area contributed by atoms with Crippen molar-refractivity contribution in [2.45, 2.75) is 47.5 Å². The lowest BCUT2D eigenvalue weighted by molar-refractivity contribution is 0.0646. The number of aryl methyl sites for hydroxylation is 4. The summed E-state index contributed by atoms with van der Waals surface area (Å²) in [7, 11) is 1.51. The standard InChI is InChI=1S/C25H28N4O3/c1-6-20-26-23-22(28(20)15-32-14-19-10-8-7-9-11-19)24(30)27(5)25(31)29(23)21-17(3)12-16(2)13-18(21)4/h7-13H,6,14-15H2,1-5H3. The molecule has 0 aliphatic rings. The van der Waals surface area contributed by atoms with Gasteiger partial charge >= 0.3 is 5.69 Å². The van der Waals surface area contributed by atoms with Crippen LogP contribution in [-0.4, -0.2) is 18.7 Å². The Balaban J connectivity index is 1.91. The van der Waals surface area contributed by atoms with Gasteiger partial charge in [-0.2, -0.15) is 0 Å². The highest BCUT2D eigenvalue weighted by Crippen LogP contribution is 2.23. The van der Waals surface area contributed by atoms with E-state index in [4.69, 9.17) is 9.72 Å². The number of benzene rings is 2. The number of rotatable bonds is 6. The van der Waals surface area contributed by atoms with Crippen LogP contribution in [-0.2, 0) is 31.5 Å². The third kappa shape index (κ3) is 3.69. The molecule has 0 fully saturated rings. The maximum absolute atomic E-state index is 13.2. The molecular formula is C25H28N4O3. The first-order chi connectivity index (χ1) is 15.3. The molecule has 2 heterocycles. The molecule has 0 bridgehead atoms. The quantitative estimate of drug-likeness (QED) is 0.467. The van der Waals surface area contributed by atoms with Gasteiger partial charge in [-0.1, -0.05) is 55.0 Å². The van der Waals surface area contributed by atoms with Crippen molar-refractivity contribution in [3.63, 3.8) is 0 Å². The molecule has 2 aromatic heterocycles. The Labute approximate surface area is 186 Å². The van der Waals surface area contributed by atoms with Crippen molar-refractivity contribution in [1.29, 1.82) is 0 Å². The number of ether oxygens (including phenoxy) is 1. The lowest BCUT2D eigenvalue weighted by Gasteiger charge is -2.15. The molecular weight excluding hydrogens is 404 g/mol. The highest BCUT2D eigenvalue weighted by Gasteiger charge is 2.22. The summed E-state index contributed by atoms with van der Waals surface area (Å²) in [5, 5.41) is 0. The molecule has 0 N–H and O–H groups in total. The minimum Gasteiger partial charge on any atom is -0.356 e. The van der Waals surface area contributed by atoms with Crippen LogP contribution in [0.3, 0.4) is 0 Å². The summed E-state index contributed by atoms with van der Waals surface area (Å²) in [6, 6.07) is 13.9. The van der Waals surface area contributed by atoms with E-state index >= 15 is 0 Å². The van der Waals surface area contributed by atoms with Crippen LogP contribution in [0.15, 0.2) is 52.1 Å². The van der Waals surface area contributed by atoms with E-state index in [0.29, 0.717) is 30.0 Å². The molecule has 0 saturated heterocycles. The molecule has 7 heteroatoms. The molecule has 166 valence electrons. The molecule has 32 heavy (non-hydrogen) atoms. The van der Waals surface area contributed by atoms with E-state index in [1.165, 1.54) is 7.05 Å². The van der Waals surface area contributed by atoms with E-state index in [1.54, 1.807) is 9.13 Å². The summed E-state index contributed by atoms with van der Waals surface area (Å²) in [5.41, 5.74) is 4.80. The molecule has 0 spiro atoms. The van der Waals surface area contributed by atoms with Crippen LogP contribution in [0, 0.1) is 20.8 Å². The number of hydrogen-bond donors (Lipinski definition) is 0. The molecule has 0 unspecified atom stereocenters. The summed E-state index contributed by atoms with van der Waals surface area (Å²) >= 11 is 0. The zero-order chi connectivity index (χ0) is 23.0. The largest absolute Gasteiger partial charge is 0.356 e. The van der Waals surface area contributed by atoms with Gasteiger partial charge in [-0.3, -0.25) is 13.9 Å². The SMILES string of the molecule is CCc1nc2c(c(=O)n(C)c(=O)n2-c2c(C)cc(C)cc2C)n1COCc1ccccc1. The molecule has 0 radical (unpaired) electrons. The number of hydrogen-bond acceptors (Lipinski definition) is 4. The summed E-state index contributed by atoms with van der Waals surface area (Å²) in [6.07, 6.45) is 0.604. The van der Waals surface area contributed by atoms with E-state index in [9.17, 15) is 9.59 Å². The predicted molar refractivity (Wildman–Crippen MR) is 125 cm³/mol. The number of aromatic nitrogens is 4. The molecule has 0 atom stereocenters. The normalized spacial score (nSPS) is 11.4. The van der Waals surface area contributed by atoms with Crippen LogP contribution >= 0.6 is 0 Å². The molecule has 4 rings (SSSR count). The average molecular weight is 433 g/mol. The lowest BCUT2D eigenvalue weighted by atomic mass is 10.0. The zero-order valence-corrected chi connectivity index (χ0v) is 19.2. The molecule has 2 aromatic carbocycles. The van der Waals surface area contributed by atoms with Crippen molar-refractivity contribution < 1.29 is 4.74 Å². The van der Waals surface area contributed by atoms with Crippen molar-refractivity contribution in [3.05, 3.63) is 91.4 Å². The molecule has 7 nitrogen and oxygen atoms in total. The van der Waals surface area contributed by atoms with Gasteiger partial charge in [-0.15, -0.1) is 0 Å². The van der Waals surface area contributed by atoms with Crippen molar-refractivity contribution in [3.8, 4) is 5.69 Å². The zero-order valence-electron chi connectivity index (χ0n) is 19.2. The summed E-state index contributed by atoms with van der Waals surface area (Å²) in [5.74, 6) is 0.701. The Bertz CT molecular complexity index is 1390. The smallest absolute Gasteiger partial charge is 0.337 e. The van der Waals surface area contributed by atoms with Crippen LogP contribution in [0.4, 0.5) is 0 Å². The summed E-state index contributed by atoms with van der Waals surface area (Å²) in [4.78, 5) is 31.2. The Morgan fingerprint density at radius 2 is 1.66 bits per heavy atom. The minimum atomic E-state index is -0.407. The van der Waals surface area contributed by atoms with Crippen LogP contribution in [0.1, 0.15) is 35.0 Å².